The van der Waals surface area contributed by atoms with Crippen LogP contribution in [-0.2, 0) is 0 Å². The molecule has 0 saturated carbocycles. The highest BCUT2D eigenvalue weighted by atomic mass is 19.3. The average Bonchev–Trinajstić information content (AvgIpc) is 1.30. The van der Waals surface area contributed by atoms with Crippen molar-refractivity contribution in [1.82, 2.24) is 0 Å². The largest absolute Gasteiger partial charge is 0.313 e. The van der Waals surface area contributed by atoms with E-state index in [2.05, 4.69) is 5.73 Å². The normalized spacial score (nSPS) is 11.3. The monoisotopic (exact) mass is 108 g/mol. The minimum atomic E-state index is -3.19. The zero-order valence-electron chi connectivity index (χ0n) is 3.62. The van der Waals surface area contributed by atoms with Crippen LogP contribution >= 0.6 is 0 Å². The Morgan fingerprint density at radius 1 is 1.71 bits per heavy atom. The first-order valence-corrected chi connectivity index (χ1v) is 1.72. The Bertz CT molecular complexity index is 65.8. The second kappa shape index (κ2) is 1.97. The predicted octanol–water partition coefficient (Wildman–Crippen LogP) is 0.578. The maximum atomic E-state index is 11.3. The fourth-order valence-corrected chi connectivity index (χ4v) is 0.136. The topological polar surface area (TPSA) is 49.9 Å². The molecule has 0 aromatic carbocycles. The summed E-state index contributed by atoms with van der Waals surface area (Å²) in [7, 11) is 0. The van der Waals surface area contributed by atoms with Crippen LogP contribution in [0.25, 0.3) is 0 Å². The fraction of sp³-hybridized carbons (Fsp3) is 0.667. The Hall–Kier alpha value is -0.510. The molecule has 0 atom stereocenters. The average molecular weight is 108 g/mol. The van der Waals surface area contributed by atoms with Gasteiger partial charge in [0.05, 0.1) is 6.42 Å². The smallest absolute Gasteiger partial charge is 0.304 e. The summed E-state index contributed by atoms with van der Waals surface area (Å²) in [6.45, 7) is 0. The number of hydrogen-bond acceptors (Lipinski definition) is 2. The van der Waals surface area contributed by atoms with Gasteiger partial charge in [-0.05, 0) is 0 Å². The van der Waals surface area contributed by atoms with Gasteiger partial charge in [-0.3, -0.25) is 5.73 Å². The molecular weight excluding hydrogens is 102 g/mol. The van der Waals surface area contributed by atoms with Crippen LogP contribution in [0.4, 0.5) is 8.78 Å². The molecule has 0 aromatic heterocycles. The van der Waals surface area contributed by atoms with Crippen LogP contribution in [0, 0.1) is 5.41 Å². The number of nitrogens with two attached hydrogens (primary N) is 1. The van der Waals surface area contributed by atoms with Crippen LogP contribution in [-0.4, -0.2) is 12.3 Å². The highest BCUT2D eigenvalue weighted by molar-refractivity contribution is 5.53. The standard InChI is InChI=1S/C3H6F2N2/c4-3(5,7)1-2-6/h2,6H,1,7H2. The van der Waals surface area contributed by atoms with Gasteiger partial charge in [-0.1, -0.05) is 0 Å². The molecule has 0 radical (unpaired) electrons. The fourth-order valence-electron chi connectivity index (χ4n) is 0.136. The van der Waals surface area contributed by atoms with E-state index in [1.165, 1.54) is 0 Å². The molecule has 4 heteroatoms. The van der Waals surface area contributed by atoms with E-state index < -0.39 is 12.5 Å². The molecule has 0 amide bonds. The van der Waals surface area contributed by atoms with Crippen molar-refractivity contribution in [2.24, 2.45) is 5.73 Å². The van der Waals surface area contributed by atoms with Gasteiger partial charge in [0, 0.05) is 6.21 Å². The van der Waals surface area contributed by atoms with Crippen molar-refractivity contribution in [3.05, 3.63) is 0 Å². The molecule has 0 aromatic rings. The molecule has 42 valence electrons. The zero-order chi connectivity index (χ0) is 5.91. The minimum Gasteiger partial charge on any atom is -0.313 e. The van der Waals surface area contributed by atoms with E-state index in [0.717, 1.165) is 0 Å². The molecule has 0 heterocycles. The lowest BCUT2D eigenvalue weighted by Gasteiger charge is -2.02. The van der Waals surface area contributed by atoms with Gasteiger partial charge in [-0.15, -0.1) is 0 Å². The van der Waals surface area contributed by atoms with E-state index in [4.69, 9.17) is 5.41 Å². The van der Waals surface area contributed by atoms with Gasteiger partial charge in [-0.2, -0.15) is 8.78 Å². The maximum Gasteiger partial charge on any atom is 0.304 e. The maximum absolute atomic E-state index is 11.3. The van der Waals surface area contributed by atoms with Crippen LogP contribution in [0.2, 0.25) is 0 Å². The van der Waals surface area contributed by atoms with Gasteiger partial charge in [0.2, 0.25) is 0 Å². The molecule has 0 fully saturated rings. The second-order valence-corrected chi connectivity index (χ2v) is 1.17. The first kappa shape index (κ1) is 6.49. The van der Waals surface area contributed by atoms with E-state index in [0.29, 0.717) is 6.21 Å². The van der Waals surface area contributed by atoms with Crippen LogP contribution in [0.3, 0.4) is 0 Å². The Balaban J connectivity index is 3.34. The SMILES string of the molecule is N=CCC(N)(F)F. The summed E-state index contributed by atoms with van der Waals surface area (Å²) < 4.78 is 22.7. The molecule has 0 saturated heterocycles. The Labute approximate surface area is 39.8 Å². The van der Waals surface area contributed by atoms with Gasteiger partial charge in [0.15, 0.2) is 0 Å². The van der Waals surface area contributed by atoms with E-state index in [9.17, 15) is 8.78 Å². The third-order valence-corrected chi connectivity index (χ3v) is 0.374. The number of nitrogens with one attached hydrogen (secondary N) is 1. The number of halogens is 2. The molecule has 0 rings (SSSR count). The Kier molecular flexibility index (Phi) is 1.83. The first-order valence-electron chi connectivity index (χ1n) is 1.72. The lowest BCUT2D eigenvalue weighted by molar-refractivity contribution is 0.0172. The van der Waals surface area contributed by atoms with Crippen molar-refractivity contribution in [2.75, 3.05) is 0 Å². The van der Waals surface area contributed by atoms with E-state index in [-0.39, 0.29) is 0 Å². The molecule has 3 N–H and O–H groups in total. The molecule has 0 unspecified atom stereocenters. The molecule has 0 bridgehead atoms. The van der Waals surface area contributed by atoms with Crippen LogP contribution in [0.1, 0.15) is 6.42 Å². The summed E-state index contributed by atoms with van der Waals surface area (Å²) in [6, 6.07) is -3.19. The van der Waals surface area contributed by atoms with E-state index >= 15 is 0 Å². The molecule has 0 aliphatic carbocycles. The van der Waals surface area contributed by atoms with Crippen molar-refractivity contribution >= 4 is 6.21 Å². The summed E-state index contributed by atoms with van der Waals surface area (Å²) in [5.41, 5.74) is 4.16. The summed E-state index contributed by atoms with van der Waals surface area (Å²) in [5.74, 6) is 0. The third kappa shape index (κ3) is 5.49. The van der Waals surface area contributed by atoms with Crippen molar-refractivity contribution in [2.45, 2.75) is 12.5 Å². The summed E-state index contributed by atoms with van der Waals surface area (Å²) in [5, 5.41) is 6.17. The van der Waals surface area contributed by atoms with Crippen molar-refractivity contribution < 1.29 is 8.78 Å². The quantitative estimate of drug-likeness (QED) is 0.394. The lowest BCUT2D eigenvalue weighted by atomic mass is 10.4. The Morgan fingerprint density at radius 2 is 2.14 bits per heavy atom. The van der Waals surface area contributed by atoms with E-state index in [1.54, 1.807) is 0 Å². The molecule has 7 heavy (non-hydrogen) atoms. The summed E-state index contributed by atoms with van der Waals surface area (Å²) in [6.07, 6.45) is -0.0903. The zero-order valence-corrected chi connectivity index (χ0v) is 3.62. The Morgan fingerprint density at radius 3 is 2.14 bits per heavy atom. The predicted molar refractivity (Wildman–Crippen MR) is 22.5 cm³/mol. The van der Waals surface area contributed by atoms with Crippen LogP contribution in [0.5, 0.6) is 0 Å². The van der Waals surface area contributed by atoms with Crippen LogP contribution < -0.4 is 5.73 Å². The molecular formula is C3H6F2N2. The number of hydrogen-bond donors (Lipinski definition) is 2. The van der Waals surface area contributed by atoms with E-state index in [1.807, 2.05) is 0 Å². The number of alkyl halides is 2. The molecule has 0 aliphatic heterocycles. The van der Waals surface area contributed by atoms with Crippen molar-refractivity contribution in [1.29, 1.82) is 5.41 Å². The minimum absolute atomic E-state index is 0.583. The van der Waals surface area contributed by atoms with Gasteiger partial charge < -0.3 is 5.41 Å². The van der Waals surface area contributed by atoms with Gasteiger partial charge >= 0.3 is 6.05 Å². The molecule has 0 spiro atoms. The molecule has 0 aliphatic rings. The second-order valence-electron chi connectivity index (χ2n) is 1.17. The summed E-state index contributed by atoms with van der Waals surface area (Å²) in [4.78, 5) is 0. The lowest BCUT2D eigenvalue weighted by Crippen LogP contribution is -2.28. The third-order valence-electron chi connectivity index (χ3n) is 0.374. The first-order chi connectivity index (χ1) is 3.06. The van der Waals surface area contributed by atoms with Crippen molar-refractivity contribution in [3.63, 3.8) is 0 Å². The highest BCUT2D eigenvalue weighted by Gasteiger charge is 2.18. The molecule has 2 nitrogen and oxygen atoms in total. The number of rotatable bonds is 2. The van der Waals surface area contributed by atoms with Gasteiger partial charge in [0.1, 0.15) is 0 Å². The summed E-state index contributed by atoms with van der Waals surface area (Å²) >= 11 is 0. The van der Waals surface area contributed by atoms with Gasteiger partial charge in [-0.25, -0.2) is 0 Å². The highest BCUT2D eigenvalue weighted by Crippen LogP contribution is 2.05. The van der Waals surface area contributed by atoms with Crippen LogP contribution in [0.15, 0.2) is 0 Å². The van der Waals surface area contributed by atoms with Crippen molar-refractivity contribution in [3.8, 4) is 0 Å². The van der Waals surface area contributed by atoms with Gasteiger partial charge in [0.25, 0.3) is 0 Å².